The summed E-state index contributed by atoms with van der Waals surface area (Å²) in [5.41, 5.74) is 8.76. The first kappa shape index (κ1) is 15.3. The molecule has 2 N–H and O–H groups in total. The third kappa shape index (κ3) is 3.16. The van der Waals surface area contributed by atoms with E-state index in [0.29, 0.717) is 12.1 Å². The Morgan fingerprint density at radius 2 is 1.86 bits per heavy atom. The summed E-state index contributed by atoms with van der Waals surface area (Å²) in [6.07, 6.45) is 0.919. The average molecular weight is 286 g/mol. The van der Waals surface area contributed by atoms with E-state index in [1.807, 2.05) is 43.3 Å². The minimum atomic E-state index is -0.424. The molecule has 0 spiro atoms. The van der Waals surface area contributed by atoms with Crippen LogP contribution >= 0.6 is 0 Å². The average Bonchev–Trinajstić information content (AvgIpc) is 2.51. The molecule has 0 aliphatic heterocycles. The highest BCUT2D eigenvalue weighted by atomic mass is 16.5. The smallest absolute Gasteiger partial charge is 0.255 e. The van der Waals surface area contributed by atoms with E-state index in [1.165, 1.54) is 0 Å². The second-order valence-corrected chi connectivity index (χ2v) is 5.14. The molecule has 1 aromatic carbocycles. The van der Waals surface area contributed by atoms with E-state index in [-0.39, 0.29) is 5.56 Å². The van der Waals surface area contributed by atoms with Crippen molar-refractivity contribution in [3.05, 3.63) is 63.6 Å². The maximum absolute atomic E-state index is 12.6. The number of aryl methyl sites for hydroxylation is 1. The third-order valence-electron chi connectivity index (χ3n) is 3.68. The maximum atomic E-state index is 12.6. The van der Waals surface area contributed by atoms with Crippen molar-refractivity contribution in [3.8, 4) is 5.75 Å². The number of ether oxygens (including phenoxy) is 1. The Bertz CT molecular complexity index is 659. The molecule has 21 heavy (non-hydrogen) atoms. The van der Waals surface area contributed by atoms with Crippen LogP contribution in [-0.2, 0) is 6.54 Å². The van der Waals surface area contributed by atoms with E-state index in [0.717, 1.165) is 23.4 Å². The molecular weight excluding hydrogens is 264 g/mol. The van der Waals surface area contributed by atoms with Crippen molar-refractivity contribution >= 4 is 0 Å². The maximum Gasteiger partial charge on any atom is 0.255 e. The van der Waals surface area contributed by atoms with Gasteiger partial charge in [-0.2, -0.15) is 0 Å². The zero-order valence-electron chi connectivity index (χ0n) is 12.8. The van der Waals surface area contributed by atoms with E-state index in [2.05, 4.69) is 6.92 Å². The van der Waals surface area contributed by atoms with Gasteiger partial charge in [-0.1, -0.05) is 19.1 Å². The Hall–Kier alpha value is -2.07. The zero-order chi connectivity index (χ0) is 15.4. The number of nitrogens with two attached hydrogens (primary N) is 1. The van der Waals surface area contributed by atoms with E-state index in [1.54, 1.807) is 11.7 Å². The molecule has 1 atom stereocenters. The molecule has 0 saturated heterocycles. The Kier molecular flexibility index (Phi) is 4.81. The first-order valence-electron chi connectivity index (χ1n) is 7.18. The van der Waals surface area contributed by atoms with Crippen LogP contribution in [0, 0.1) is 6.92 Å². The predicted molar refractivity (Wildman–Crippen MR) is 84.8 cm³/mol. The lowest BCUT2D eigenvalue weighted by atomic mass is 10.0. The molecule has 2 aromatic rings. The highest BCUT2D eigenvalue weighted by Crippen LogP contribution is 2.20. The van der Waals surface area contributed by atoms with Gasteiger partial charge >= 0.3 is 0 Å². The van der Waals surface area contributed by atoms with Gasteiger partial charge in [0.15, 0.2) is 0 Å². The van der Waals surface area contributed by atoms with Gasteiger partial charge in [0, 0.05) is 17.8 Å². The molecule has 1 aromatic heterocycles. The van der Waals surface area contributed by atoms with Crippen molar-refractivity contribution < 1.29 is 4.74 Å². The molecule has 0 aliphatic carbocycles. The van der Waals surface area contributed by atoms with Gasteiger partial charge in [0.1, 0.15) is 5.75 Å². The van der Waals surface area contributed by atoms with Gasteiger partial charge in [-0.3, -0.25) is 4.79 Å². The van der Waals surface area contributed by atoms with Gasteiger partial charge in [0.05, 0.1) is 13.2 Å². The number of nitrogens with zero attached hydrogens (tertiary/aromatic N) is 1. The van der Waals surface area contributed by atoms with E-state index in [4.69, 9.17) is 10.5 Å². The van der Waals surface area contributed by atoms with Crippen LogP contribution in [-0.4, -0.2) is 11.7 Å². The zero-order valence-corrected chi connectivity index (χ0v) is 12.8. The summed E-state index contributed by atoms with van der Waals surface area (Å²) in [5, 5.41) is 0. The lowest BCUT2D eigenvalue weighted by molar-refractivity contribution is 0.414. The summed E-state index contributed by atoms with van der Waals surface area (Å²) in [7, 11) is 1.62. The third-order valence-corrected chi connectivity index (χ3v) is 3.68. The molecule has 4 heteroatoms. The first-order valence-corrected chi connectivity index (χ1v) is 7.18. The molecule has 0 saturated carbocycles. The summed E-state index contributed by atoms with van der Waals surface area (Å²) in [6.45, 7) is 4.72. The number of benzene rings is 1. The standard InChI is InChI=1S/C17H22N2O2/c1-4-11-19-12(2)5-10-15(17(19)20)16(18)13-6-8-14(21-3)9-7-13/h5-10,16H,4,11,18H2,1-3H3. The van der Waals surface area contributed by atoms with Crippen LogP contribution in [0.5, 0.6) is 5.75 Å². The van der Waals surface area contributed by atoms with Gasteiger partial charge in [-0.25, -0.2) is 0 Å². The SMILES string of the molecule is CCCn1c(C)ccc(C(N)c2ccc(OC)cc2)c1=O. The van der Waals surface area contributed by atoms with Crippen LogP contribution in [0.4, 0.5) is 0 Å². The highest BCUT2D eigenvalue weighted by molar-refractivity contribution is 5.34. The van der Waals surface area contributed by atoms with Gasteiger partial charge in [-0.15, -0.1) is 0 Å². The minimum Gasteiger partial charge on any atom is -0.497 e. The topological polar surface area (TPSA) is 57.2 Å². The number of rotatable bonds is 5. The Morgan fingerprint density at radius 3 is 2.43 bits per heavy atom. The summed E-state index contributed by atoms with van der Waals surface area (Å²) in [5.74, 6) is 0.776. The molecule has 0 bridgehead atoms. The molecule has 0 aliphatic rings. The Morgan fingerprint density at radius 1 is 1.19 bits per heavy atom. The summed E-state index contributed by atoms with van der Waals surface area (Å²) < 4.78 is 6.93. The lowest BCUT2D eigenvalue weighted by Crippen LogP contribution is -2.29. The molecule has 0 amide bonds. The number of aromatic nitrogens is 1. The summed E-state index contributed by atoms with van der Waals surface area (Å²) >= 11 is 0. The molecule has 112 valence electrons. The van der Waals surface area contributed by atoms with Crippen molar-refractivity contribution in [1.29, 1.82) is 0 Å². The molecule has 1 heterocycles. The molecule has 0 radical (unpaired) electrons. The van der Waals surface area contributed by atoms with E-state index < -0.39 is 6.04 Å². The monoisotopic (exact) mass is 286 g/mol. The van der Waals surface area contributed by atoms with Gasteiger partial charge in [-0.05, 0) is 43.2 Å². The Labute approximate surface area is 125 Å². The fourth-order valence-corrected chi connectivity index (χ4v) is 2.42. The van der Waals surface area contributed by atoms with Crippen LogP contribution in [0.2, 0.25) is 0 Å². The summed E-state index contributed by atoms with van der Waals surface area (Å²) in [6, 6.07) is 10.9. The van der Waals surface area contributed by atoms with Gasteiger partial charge in [0.25, 0.3) is 5.56 Å². The number of hydrogen-bond donors (Lipinski definition) is 1. The van der Waals surface area contributed by atoms with Crippen LogP contribution in [0.1, 0.15) is 36.2 Å². The second-order valence-electron chi connectivity index (χ2n) is 5.14. The molecule has 1 unspecified atom stereocenters. The number of pyridine rings is 1. The van der Waals surface area contributed by atoms with Crippen LogP contribution in [0.15, 0.2) is 41.2 Å². The van der Waals surface area contributed by atoms with Crippen molar-refractivity contribution in [2.75, 3.05) is 7.11 Å². The molecule has 4 nitrogen and oxygen atoms in total. The fourth-order valence-electron chi connectivity index (χ4n) is 2.42. The van der Waals surface area contributed by atoms with Crippen LogP contribution in [0.3, 0.4) is 0 Å². The second kappa shape index (κ2) is 6.59. The molecule has 0 fully saturated rings. The lowest BCUT2D eigenvalue weighted by Gasteiger charge is -2.16. The predicted octanol–water partition coefficient (Wildman–Crippen LogP) is 2.62. The van der Waals surface area contributed by atoms with Crippen molar-refractivity contribution in [1.82, 2.24) is 4.57 Å². The van der Waals surface area contributed by atoms with Crippen molar-refractivity contribution in [2.45, 2.75) is 32.9 Å². The normalized spacial score (nSPS) is 12.2. The molecule has 2 rings (SSSR count). The fraction of sp³-hybridized carbons (Fsp3) is 0.353. The van der Waals surface area contributed by atoms with Crippen molar-refractivity contribution in [3.63, 3.8) is 0 Å². The van der Waals surface area contributed by atoms with Gasteiger partial charge < -0.3 is 15.0 Å². The van der Waals surface area contributed by atoms with Crippen LogP contribution in [0.25, 0.3) is 0 Å². The van der Waals surface area contributed by atoms with E-state index in [9.17, 15) is 4.79 Å². The Balaban J connectivity index is 2.40. The minimum absolute atomic E-state index is 0.000156. The number of methoxy groups -OCH3 is 1. The summed E-state index contributed by atoms with van der Waals surface area (Å²) in [4.78, 5) is 12.6. The van der Waals surface area contributed by atoms with Crippen LogP contribution < -0.4 is 16.0 Å². The van der Waals surface area contributed by atoms with Gasteiger partial charge in [0.2, 0.25) is 0 Å². The first-order chi connectivity index (χ1) is 10.1. The van der Waals surface area contributed by atoms with E-state index >= 15 is 0 Å². The highest BCUT2D eigenvalue weighted by Gasteiger charge is 2.15. The molecular formula is C17H22N2O2. The van der Waals surface area contributed by atoms with Crippen molar-refractivity contribution in [2.24, 2.45) is 5.73 Å². The largest absolute Gasteiger partial charge is 0.497 e. The number of hydrogen-bond acceptors (Lipinski definition) is 3. The quantitative estimate of drug-likeness (QED) is 0.919.